The van der Waals surface area contributed by atoms with Gasteiger partial charge in [-0.25, -0.2) is 0 Å². The Morgan fingerprint density at radius 2 is 2.11 bits per heavy atom. The number of hydrogen-bond donors (Lipinski definition) is 1. The number of methoxy groups -OCH3 is 1. The van der Waals surface area contributed by atoms with E-state index in [0.29, 0.717) is 5.92 Å². The normalized spacial score (nSPS) is 19.4. The van der Waals surface area contributed by atoms with E-state index in [1.165, 1.54) is 30.4 Å². The molecule has 0 fully saturated rings. The van der Waals surface area contributed by atoms with Crippen LogP contribution in [0.3, 0.4) is 0 Å². The van der Waals surface area contributed by atoms with Crippen molar-refractivity contribution in [3.05, 3.63) is 29.3 Å². The minimum atomic E-state index is 0.198. The highest BCUT2D eigenvalue weighted by Crippen LogP contribution is 2.33. The summed E-state index contributed by atoms with van der Waals surface area (Å²) < 4.78 is 5.31. The minimum absolute atomic E-state index is 0.198. The number of aryl methyl sites for hydroxylation is 1. The van der Waals surface area contributed by atoms with Gasteiger partial charge in [-0.3, -0.25) is 0 Å². The van der Waals surface area contributed by atoms with Gasteiger partial charge in [-0.2, -0.15) is 0 Å². The van der Waals surface area contributed by atoms with Crippen LogP contribution in [0.4, 0.5) is 0 Å². The Bertz CT molecular complexity index is 406. The second-order valence-electron chi connectivity index (χ2n) is 6.28. The van der Waals surface area contributed by atoms with Crippen LogP contribution in [0.25, 0.3) is 0 Å². The van der Waals surface area contributed by atoms with Gasteiger partial charge in [0, 0.05) is 12.1 Å². The maximum Gasteiger partial charge on any atom is 0.119 e. The highest BCUT2D eigenvalue weighted by molar-refractivity contribution is 5.39. The van der Waals surface area contributed by atoms with Gasteiger partial charge < -0.3 is 10.1 Å². The molecule has 0 spiro atoms. The molecule has 2 rings (SSSR count). The fourth-order valence-corrected chi connectivity index (χ4v) is 2.66. The molecule has 1 aliphatic carbocycles. The monoisotopic (exact) mass is 247 g/mol. The fraction of sp³-hybridized carbons (Fsp3) is 0.625. The molecular formula is C16H25NO. The Morgan fingerprint density at radius 1 is 1.33 bits per heavy atom. The number of ether oxygens (including phenoxy) is 1. The summed E-state index contributed by atoms with van der Waals surface area (Å²) in [6.07, 6.45) is 3.78. The van der Waals surface area contributed by atoms with Crippen molar-refractivity contribution in [2.75, 3.05) is 13.7 Å². The molecule has 100 valence electrons. The van der Waals surface area contributed by atoms with Crippen molar-refractivity contribution in [2.45, 2.75) is 51.5 Å². The molecule has 2 heteroatoms. The van der Waals surface area contributed by atoms with Crippen LogP contribution in [0.15, 0.2) is 18.2 Å². The van der Waals surface area contributed by atoms with E-state index in [1.54, 1.807) is 7.11 Å². The average Bonchev–Trinajstić information content (AvgIpc) is 2.34. The van der Waals surface area contributed by atoms with Gasteiger partial charge >= 0.3 is 0 Å². The first-order chi connectivity index (χ1) is 8.49. The SMILES string of the molecule is COc1ccc2c(c1)CCCC2CNC(C)(C)C. The zero-order valence-electron chi connectivity index (χ0n) is 12.0. The van der Waals surface area contributed by atoms with Crippen LogP contribution in [-0.2, 0) is 6.42 Å². The third kappa shape index (κ3) is 3.26. The molecule has 0 aliphatic heterocycles. The molecule has 1 aromatic rings. The first-order valence-electron chi connectivity index (χ1n) is 6.91. The predicted octanol–water partition coefficient (Wildman–Crippen LogP) is 3.50. The van der Waals surface area contributed by atoms with Crippen molar-refractivity contribution in [1.29, 1.82) is 0 Å². The molecule has 1 atom stereocenters. The smallest absolute Gasteiger partial charge is 0.119 e. The van der Waals surface area contributed by atoms with Crippen LogP contribution < -0.4 is 10.1 Å². The van der Waals surface area contributed by atoms with Gasteiger partial charge in [-0.1, -0.05) is 6.07 Å². The molecule has 0 radical (unpaired) electrons. The summed E-state index contributed by atoms with van der Waals surface area (Å²) in [7, 11) is 1.74. The van der Waals surface area contributed by atoms with Gasteiger partial charge in [0.2, 0.25) is 0 Å². The van der Waals surface area contributed by atoms with Crippen molar-refractivity contribution in [3.63, 3.8) is 0 Å². The van der Waals surface area contributed by atoms with E-state index in [0.717, 1.165) is 12.3 Å². The number of benzene rings is 1. The lowest BCUT2D eigenvalue weighted by Crippen LogP contribution is -2.39. The summed E-state index contributed by atoms with van der Waals surface area (Å²) in [6.45, 7) is 7.75. The van der Waals surface area contributed by atoms with Gasteiger partial charge in [0.15, 0.2) is 0 Å². The van der Waals surface area contributed by atoms with Gasteiger partial charge in [0.25, 0.3) is 0 Å². The van der Waals surface area contributed by atoms with Crippen LogP contribution in [0.5, 0.6) is 5.75 Å². The molecule has 1 aliphatic rings. The molecular weight excluding hydrogens is 222 g/mol. The summed E-state index contributed by atoms with van der Waals surface area (Å²) in [5.74, 6) is 1.64. The molecule has 0 amide bonds. The average molecular weight is 247 g/mol. The van der Waals surface area contributed by atoms with Crippen molar-refractivity contribution in [3.8, 4) is 5.75 Å². The highest BCUT2D eigenvalue weighted by atomic mass is 16.5. The van der Waals surface area contributed by atoms with E-state index in [9.17, 15) is 0 Å². The zero-order chi connectivity index (χ0) is 13.2. The lowest BCUT2D eigenvalue weighted by atomic mass is 9.82. The molecule has 1 unspecified atom stereocenters. The molecule has 0 heterocycles. The molecule has 0 saturated heterocycles. The summed E-state index contributed by atoms with van der Waals surface area (Å²) in [5.41, 5.74) is 3.18. The molecule has 18 heavy (non-hydrogen) atoms. The van der Waals surface area contributed by atoms with E-state index in [2.05, 4.69) is 44.3 Å². The Labute approximate surface area is 111 Å². The maximum atomic E-state index is 5.31. The van der Waals surface area contributed by atoms with Crippen molar-refractivity contribution < 1.29 is 4.74 Å². The lowest BCUT2D eigenvalue weighted by molar-refractivity contribution is 0.388. The number of hydrogen-bond acceptors (Lipinski definition) is 2. The predicted molar refractivity (Wildman–Crippen MR) is 76.4 cm³/mol. The van der Waals surface area contributed by atoms with Crippen LogP contribution in [0.2, 0.25) is 0 Å². The van der Waals surface area contributed by atoms with Crippen LogP contribution >= 0.6 is 0 Å². The molecule has 1 aromatic carbocycles. The third-order valence-electron chi connectivity index (χ3n) is 3.67. The topological polar surface area (TPSA) is 21.3 Å². The van der Waals surface area contributed by atoms with Crippen molar-refractivity contribution >= 4 is 0 Å². The summed E-state index contributed by atoms with van der Waals surface area (Å²) in [5, 5.41) is 3.63. The quantitative estimate of drug-likeness (QED) is 0.882. The third-order valence-corrected chi connectivity index (χ3v) is 3.67. The van der Waals surface area contributed by atoms with Gasteiger partial charge in [-0.15, -0.1) is 0 Å². The second-order valence-corrected chi connectivity index (χ2v) is 6.28. The van der Waals surface area contributed by atoms with Gasteiger partial charge in [-0.05, 0) is 69.2 Å². The van der Waals surface area contributed by atoms with Gasteiger partial charge in [0.05, 0.1) is 7.11 Å². The zero-order valence-corrected chi connectivity index (χ0v) is 12.0. The first kappa shape index (κ1) is 13.4. The molecule has 0 aromatic heterocycles. The maximum absolute atomic E-state index is 5.31. The molecule has 0 bridgehead atoms. The minimum Gasteiger partial charge on any atom is -0.497 e. The molecule has 1 N–H and O–H groups in total. The molecule has 0 saturated carbocycles. The van der Waals surface area contributed by atoms with Crippen LogP contribution in [0.1, 0.15) is 50.7 Å². The highest BCUT2D eigenvalue weighted by Gasteiger charge is 2.22. The van der Waals surface area contributed by atoms with E-state index < -0.39 is 0 Å². The lowest BCUT2D eigenvalue weighted by Gasteiger charge is -2.30. The summed E-state index contributed by atoms with van der Waals surface area (Å²) in [4.78, 5) is 0. The van der Waals surface area contributed by atoms with E-state index in [-0.39, 0.29) is 5.54 Å². The van der Waals surface area contributed by atoms with E-state index >= 15 is 0 Å². The Kier molecular flexibility index (Phi) is 3.96. The standard InChI is InChI=1S/C16H25NO/c1-16(2,3)17-11-13-7-5-6-12-10-14(18-4)8-9-15(12)13/h8-10,13,17H,5-7,11H2,1-4H3. The first-order valence-corrected chi connectivity index (χ1v) is 6.91. The number of rotatable bonds is 3. The second kappa shape index (κ2) is 5.31. The summed E-state index contributed by atoms with van der Waals surface area (Å²) >= 11 is 0. The van der Waals surface area contributed by atoms with Crippen molar-refractivity contribution in [1.82, 2.24) is 5.32 Å². The van der Waals surface area contributed by atoms with Gasteiger partial charge in [0.1, 0.15) is 5.75 Å². The Balaban J connectivity index is 2.13. The van der Waals surface area contributed by atoms with Crippen molar-refractivity contribution in [2.24, 2.45) is 0 Å². The number of nitrogens with one attached hydrogen (secondary N) is 1. The Hall–Kier alpha value is -1.02. The van der Waals surface area contributed by atoms with E-state index in [1.807, 2.05) is 0 Å². The summed E-state index contributed by atoms with van der Waals surface area (Å²) in [6, 6.07) is 6.55. The van der Waals surface area contributed by atoms with E-state index in [4.69, 9.17) is 4.74 Å². The Morgan fingerprint density at radius 3 is 2.78 bits per heavy atom. The van der Waals surface area contributed by atoms with Crippen LogP contribution in [0, 0.1) is 0 Å². The molecule has 2 nitrogen and oxygen atoms in total. The van der Waals surface area contributed by atoms with Crippen LogP contribution in [-0.4, -0.2) is 19.2 Å². The number of fused-ring (bicyclic) bond motifs is 1. The fourth-order valence-electron chi connectivity index (χ4n) is 2.66. The largest absolute Gasteiger partial charge is 0.497 e.